The predicted molar refractivity (Wildman–Crippen MR) is 111 cm³/mol. The molecule has 1 amide bonds. The van der Waals surface area contributed by atoms with Crippen molar-refractivity contribution in [3.63, 3.8) is 0 Å². The third kappa shape index (κ3) is 4.17. The number of nitrogens with zero attached hydrogens (tertiary/aromatic N) is 2. The lowest BCUT2D eigenvalue weighted by molar-refractivity contribution is -0.113. The zero-order valence-corrected chi connectivity index (χ0v) is 16.8. The average molecular weight is 411 g/mol. The smallest absolute Gasteiger partial charge is 0.283 e. The largest absolute Gasteiger partial charge is 0.488 e. The van der Waals surface area contributed by atoms with Gasteiger partial charge in [-0.05, 0) is 42.8 Å². The molecule has 0 radical (unpaired) electrons. The molecular formula is C21H21N3O4S. The minimum atomic E-state index is -3.77. The molecule has 1 fully saturated rings. The molecule has 0 bridgehead atoms. The summed E-state index contributed by atoms with van der Waals surface area (Å²) in [6, 6.07) is 13.5. The van der Waals surface area contributed by atoms with Gasteiger partial charge in [-0.1, -0.05) is 18.2 Å². The van der Waals surface area contributed by atoms with Crippen molar-refractivity contribution in [2.24, 2.45) is 4.40 Å². The number of carbonyl (C=O) groups is 1. The fourth-order valence-electron chi connectivity index (χ4n) is 3.27. The van der Waals surface area contributed by atoms with E-state index in [-0.39, 0.29) is 17.4 Å². The van der Waals surface area contributed by atoms with Gasteiger partial charge in [-0.3, -0.25) is 4.79 Å². The zero-order valence-electron chi connectivity index (χ0n) is 16.0. The molecule has 2 aromatic rings. The molecule has 2 aromatic carbocycles. The maximum atomic E-state index is 12.5. The van der Waals surface area contributed by atoms with Crippen LogP contribution in [0.15, 0.2) is 63.4 Å². The van der Waals surface area contributed by atoms with Crippen LogP contribution in [0.1, 0.15) is 18.4 Å². The van der Waals surface area contributed by atoms with E-state index in [1.165, 1.54) is 12.1 Å². The van der Waals surface area contributed by atoms with E-state index < -0.39 is 10.0 Å². The number of nitrogens with one attached hydrogen (secondary N) is 1. The number of hydrogen-bond donors (Lipinski definition) is 1. The van der Waals surface area contributed by atoms with E-state index in [9.17, 15) is 13.2 Å². The van der Waals surface area contributed by atoms with Crippen LogP contribution in [-0.2, 0) is 14.8 Å². The fourth-order valence-corrected chi connectivity index (χ4v) is 4.36. The van der Waals surface area contributed by atoms with Crippen molar-refractivity contribution in [1.29, 1.82) is 0 Å². The Labute approximate surface area is 169 Å². The first-order chi connectivity index (χ1) is 13.9. The third-order valence-electron chi connectivity index (χ3n) is 4.89. The van der Waals surface area contributed by atoms with Gasteiger partial charge in [-0.25, -0.2) is 0 Å². The Morgan fingerprint density at radius 2 is 1.90 bits per heavy atom. The van der Waals surface area contributed by atoms with Gasteiger partial charge in [0.2, 0.25) is 0 Å². The second-order valence-electron chi connectivity index (χ2n) is 6.98. The van der Waals surface area contributed by atoms with Crippen LogP contribution >= 0.6 is 0 Å². The van der Waals surface area contributed by atoms with Crippen molar-refractivity contribution in [3.05, 3.63) is 59.7 Å². The lowest BCUT2D eigenvalue weighted by Gasteiger charge is -2.17. The summed E-state index contributed by atoms with van der Waals surface area (Å²) in [5.41, 5.74) is 1.84. The average Bonchev–Trinajstić information content (AvgIpc) is 3.12. The number of hydrogen-bond acceptors (Lipinski definition) is 4. The molecule has 150 valence electrons. The molecule has 4 rings (SSSR count). The maximum absolute atomic E-state index is 12.5. The van der Waals surface area contributed by atoms with Gasteiger partial charge >= 0.3 is 0 Å². The predicted octanol–water partition coefficient (Wildman–Crippen LogP) is 2.91. The van der Waals surface area contributed by atoms with E-state index in [2.05, 4.69) is 9.71 Å². The molecule has 0 unspecified atom stereocenters. The summed E-state index contributed by atoms with van der Waals surface area (Å²) in [7, 11) is -1.94. The molecule has 0 spiro atoms. The van der Waals surface area contributed by atoms with Crippen LogP contribution in [-0.4, -0.2) is 45.3 Å². The monoisotopic (exact) mass is 411 g/mol. The van der Waals surface area contributed by atoms with Crippen LogP contribution in [0.4, 0.5) is 5.69 Å². The Morgan fingerprint density at radius 1 is 1.14 bits per heavy atom. The number of ether oxygens (including phenoxy) is 1. The summed E-state index contributed by atoms with van der Waals surface area (Å²) < 4.78 is 34.6. The Kier molecular flexibility index (Phi) is 5.10. The van der Waals surface area contributed by atoms with E-state index in [1.54, 1.807) is 18.2 Å². The van der Waals surface area contributed by atoms with E-state index in [4.69, 9.17) is 4.74 Å². The molecule has 7 nitrogen and oxygen atoms in total. The highest BCUT2D eigenvalue weighted by molar-refractivity contribution is 7.90. The van der Waals surface area contributed by atoms with Crippen molar-refractivity contribution in [2.45, 2.75) is 17.7 Å². The van der Waals surface area contributed by atoms with Crippen LogP contribution < -0.4 is 10.1 Å². The zero-order chi connectivity index (χ0) is 20.4. The molecule has 8 heteroatoms. The molecule has 0 atom stereocenters. The number of sulfonamides is 1. The minimum absolute atomic E-state index is 0.0949. The number of amidine groups is 1. The molecule has 2 aliphatic heterocycles. The second kappa shape index (κ2) is 7.71. The summed E-state index contributed by atoms with van der Waals surface area (Å²) in [6.07, 6.45) is 3.35. The number of carbonyl (C=O) groups excluding carboxylic acids is 1. The molecule has 0 aliphatic carbocycles. The molecule has 2 heterocycles. The highest BCUT2D eigenvalue weighted by Crippen LogP contribution is 2.26. The Bertz CT molecular complexity index is 1110. The Hall–Kier alpha value is -3.13. The third-order valence-corrected chi connectivity index (χ3v) is 6.21. The number of likely N-dealkylation sites (tertiary alicyclic amines) is 1. The Balaban J connectivity index is 1.47. The molecule has 0 saturated carbocycles. The fraction of sp³-hybridized carbons (Fsp3) is 0.238. The molecule has 1 saturated heterocycles. The highest BCUT2D eigenvalue weighted by Gasteiger charge is 2.21. The maximum Gasteiger partial charge on any atom is 0.283 e. The van der Waals surface area contributed by atoms with E-state index in [0.717, 1.165) is 24.3 Å². The first-order valence-corrected chi connectivity index (χ1v) is 10.8. The summed E-state index contributed by atoms with van der Waals surface area (Å²) >= 11 is 0. The van der Waals surface area contributed by atoms with Crippen LogP contribution in [0.2, 0.25) is 0 Å². The van der Waals surface area contributed by atoms with Crippen LogP contribution in [0, 0.1) is 0 Å². The lowest BCUT2D eigenvalue weighted by atomic mass is 10.1. The first-order valence-electron chi connectivity index (χ1n) is 9.31. The molecule has 2 aliphatic rings. The highest BCUT2D eigenvalue weighted by atomic mass is 32.2. The first kappa shape index (κ1) is 19.2. The lowest BCUT2D eigenvalue weighted by Crippen LogP contribution is -2.21. The van der Waals surface area contributed by atoms with Gasteiger partial charge in [0.15, 0.2) is 0 Å². The van der Waals surface area contributed by atoms with Gasteiger partial charge in [0.1, 0.15) is 18.2 Å². The molecule has 1 N–H and O–H groups in total. The van der Waals surface area contributed by atoms with Gasteiger partial charge < -0.3 is 15.0 Å². The van der Waals surface area contributed by atoms with Crippen molar-refractivity contribution < 1.29 is 17.9 Å². The van der Waals surface area contributed by atoms with E-state index in [1.807, 2.05) is 36.2 Å². The number of anilines is 1. The normalized spacial score (nSPS) is 17.5. The topological polar surface area (TPSA) is 88.1 Å². The van der Waals surface area contributed by atoms with Gasteiger partial charge in [0, 0.05) is 31.3 Å². The van der Waals surface area contributed by atoms with E-state index >= 15 is 0 Å². The van der Waals surface area contributed by atoms with Crippen molar-refractivity contribution in [1.82, 2.24) is 4.90 Å². The number of rotatable bonds is 4. The SMILES string of the molecule is CN1CCC/C1=N/S(=O)(=O)c1ccc(NC(=O)C2=Cc3ccccc3OC2)cc1. The molecule has 0 aromatic heterocycles. The quantitative estimate of drug-likeness (QED) is 0.836. The molecule has 29 heavy (non-hydrogen) atoms. The summed E-state index contributed by atoms with van der Waals surface area (Å²) in [5.74, 6) is 1.03. The summed E-state index contributed by atoms with van der Waals surface area (Å²) in [5, 5.41) is 2.78. The standard InChI is InChI=1S/C21H21N3O4S/c1-24-12-4-7-20(24)23-29(26,27)18-10-8-17(9-11-18)22-21(25)16-13-15-5-2-3-6-19(15)28-14-16/h2-3,5-6,8-11,13H,4,7,12,14H2,1H3,(H,22,25)/b23-20-. The second-order valence-corrected chi connectivity index (χ2v) is 8.59. The van der Waals surface area contributed by atoms with Gasteiger partial charge in [0.05, 0.1) is 10.5 Å². The van der Waals surface area contributed by atoms with Crippen LogP contribution in [0.25, 0.3) is 6.08 Å². The van der Waals surface area contributed by atoms with Crippen molar-refractivity contribution in [2.75, 3.05) is 25.5 Å². The van der Waals surface area contributed by atoms with Crippen molar-refractivity contribution in [3.8, 4) is 5.75 Å². The molecular weight excluding hydrogens is 390 g/mol. The Morgan fingerprint density at radius 3 is 2.62 bits per heavy atom. The van der Waals surface area contributed by atoms with Gasteiger partial charge in [-0.2, -0.15) is 8.42 Å². The van der Waals surface area contributed by atoms with Crippen LogP contribution in [0.5, 0.6) is 5.75 Å². The number of benzene rings is 2. The van der Waals surface area contributed by atoms with Gasteiger partial charge in [-0.15, -0.1) is 4.40 Å². The van der Waals surface area contributed by atoms with Gasteiger partial charge in [0.25, 0.3) is 15.9 Å². The van der Waals surface area contributed by atoms with E-state index in [0.29, 0.717) is 23.5 Å². The number of para-hydroxylation sites is 1. The summed E-state index contributed by atoms with van der Waals surface area (Å²) in [6.45, 7) is 0.990. The summed E-state index contributed by atoms with van der Waals surface area (Å²) in [4.78, 5) is 14.5. The number of fused-ring (bicyclic) bond motifs is 1. The number of amides is 1. The van der Waals surface area contributed by atoms with Crippen molar-refractivity contribution >= 4 is 33.5 Å². The minimum Gasteiger partial charge on any atom is -0.488 e. The van der Waals surface area contributed by atoms with Crippen LogP contribution in [0.3, 0.4) is 0 Å².